The van der Waals surface area contributed by atoms with Crippen molar-refractivity contribution in [3.63, 3.8) is 0 Å². The highest BCUT2D eigenvalue weighted by atomic mass is 35.5. The second-order valence-electron chi connectivity index (χ2n) is 5.64. The molecule has 2 aromatic heterocycles. The van der Waals surface area contributed by atoms with Crippen molar-refractivity contribution in [2.24, 2.45) is 0 Å². The first-order valence-corrected chi connectivity index (χ1v) is 8.49. The van der Waals surface area contributed by atoms with Crippen LogP contribution in [0.1, 0.15) is 36.1 Å². The summed E-state index contributed by atoms with van der Waals surface area (Å²) in [6.07, 6.45) is 4.17. The molecule has 0 unspecified atom stereocenters. The van der Waals surface area contributed by atoms with E-state index in [-0.39, 0.29) is 5.91 Å². The van der Waals surface area contributed by atoms with Crippen LogP contribution in [0.4, 0.5) is 0 Å². The van der Waals surface area contributed by atoms with Crippen molar-refractivity contribution in [2.75, 3.05) is 6.54 Å². The number of carbonyl (C=O) groups excluding carboxylic acids is 1. The molecule has 0 saturated heterocycles. The first-order chi connectivity index (χ1) is 11.7. The maximum atomic E-state index is 12.2. The second-order valence-corrected chi connectivity index (χ2v) is 6.08. The Morgan fingerprint density at radius 3 is 3.08 bits per heavy atom. The number of aromatic amines is 1. The average molecular weight is 346 g/mol. The van der Waals surface area contributed by atoms with Crippen molar-refractivity contribution in [3.8, 4) is 0 Å². The van der Waals surface area contributed by atoms with Gasteiger partial charge < -0.3 is 10.3 Å². The number of nitrogens with zero attached hydrogens (tertiary/aromatic N) is 3. The van der Waals surface area contributed by atoms with Crippen molar-refractivity contribution in [1.82, 2.24) is 25.1 Å². The number of imidazole rings is 1. The van der Waals surface area contributed by atoms with Crippen molar-refractivity contribution in [1.29, 1.82) is 0 Å². The number of aromatic nitrogens is 4. The van der Waals surface area contributed by atoms with Gasteiger partial charge in [0, 0.05) is 30.7 Å². The summed E-state index contributed by atoms with van der Waals surface area (Å²) in [6, 6.07) is 7.33. The first-order valence-electron chi connectivity index (χ1n) is 8.11. The third kappa shape index (κ3) is 3.76. The van der Waals surface area contributed by atoms with Crippen LogP contribution in [-0.4, -0.2) is 32.2 Å². The molecule has 7 heteroatoms. The zero-order valence-corrected chi connectivity index (χ0v) is 14.3. The predicted molar refractivity (Wildman–Crippen MR) is 94.3 cm³/mol. The molecule has 0 radical (unpaired) electrons. The summed E-state index contributed by atoms with van der Waals surface area (Å²) in [6.45, 7) is 3.40. The number of hydrogen-bond donors (Lipinski definition) is 2. The Labute approximate surface area is 145 Å². The molecule has 1 amide bonds. The number of H-pyrrole nitrogens is 1. The first kappa shape index (κ1) is 16.5. The third-order valence-corrected chi connectivity index (χ3v) is 3.99. The molecule has 3 rings (SSSR count). The molecule has 126 valence electrons. The zero-order valence-electron chi connectivity index (χ0n) is 13.6. The Hall–Kier alpha value is -2.34. The van der Waals surface area contributed by atoms with Gasteiger partial charge >= 0.3 is 0 Å². The molecule has 2 heterocycles. The molecule has 6 nitrogen and oxygen atoms in total. The number of rotatable bonds is 7. The van der Waals surface area contributed by atoms with E-state index in [0.717, 1.165) is 42.7 Å². The summed E-state index contributed by atoms with van der Waals surface area (Å²) in [5.41, 5.74) is 2.45. The van der Waals surface area contributed by atoms with E-state index in [4.69, 9.17) is 11.6 Å². The largest absolute Gasteiger partial charge is 0.351 e. The molecular formula is C17H20ClN5O. The van der Waals surface area contributed by atoms with Gasteiger partial charge in [0.25, 0.3) is 5.91 Å². The highest BCUT2D eigenvalue weighted by Crippen LogP contribution is 2.17. The van der Waals surface area contributed by atoms with Crippen LogP contribution in [0.3, 0.4) is 0 Å². The molecule has 0 aliphatic rings. The fourth-order valence-electron chi connectivity index (χ4n) is 2.62. The molecule has 0 aliphatic heterocycles. The van der Waals surface area contributed by atoms with Crippen LogP contribution in [0.15, 0.2) is 30.5 Å². The van der Waals surface area contributed by atoms with E-state index in [0.29, 0.717) is 17.3 Å². The Balaban J connectivity index is 1.50. The molecule has 0 saturated carbocycles. The van der Waals surface area contributed by atoms with E-state index in [9.17, 15) is 4.79 Å². The van der Waals surface area contributed by atoms with Gasteiger partial charge in [-0.15, -0.1) is 0 Å². The summed E-state index contributed by atoms with van der Waals surface area (Å²) in [7, 11) is 0. The van der Waals surface area contributed by atoms with Gasteiger partial charge in [0.05, 0.1) is 11.0 Å². The van der Waals surface area contributed by atoms with Crippen molar-refractivity contribution in [2.45, 2.75) is 32.7 Å². The molecule has 2 N–H and O–H groups in total. The minimum atomic E-state index is -0.0858. The van der Waals surface area contributed by atoms with Crippen LogP contribution in [-0.2, 0) is 13.0 Å². The monoisotopic (exact) mass is 345 g/mol. The molecule has 0 aliphatic carbocycles. The van der Waals surface area contributed by atoms with Crippen LogP contribution in [0, 0.1) is 0 Å². The quantitative estimate of drug-likeness (QED) is 0.646. The number of aryl methyl sites for hydroxylation is 2. The molecule has 0 spiro atoms. The van der Waals surface area contributed by atoms with Gasteiger partial charge in [-0.25, -0.2) is 4.98 Å². The zero-order chi connectivity index (χ0) is 16.9. The Bertz CT molecular complexity index is 838. The van der Waals surface area contributed by atoms with E-state index in [1.165, 1.54) is 0 Å². The van der Waals surface area contributed by atoms with Gasteiger partial charge in [-0.05, 0) is 37.1 Å². The lowest BCUT2D eigenvalue weighted by Crippen LogP contribution is -2.27. The maximum Gasteiger partial charge on any atom is 0.269 e. The predicted octanol–water partition coefficient (Wildman–Crippen LogP) is 3.19. The number of carbonyl (C=O) groups is 1. The van der Waals surface area contributed by atoms with Crippen LogP contribution in [0.25, 0.3) is 11.0 Å². The summed E-state index contributed by atoms with van der Waals surface area (Å²) >= 11 is 5.97. The van der Waals surface area contributed by atoms with E-state index >= 15 is 0 Å². The summed E-state index contributed by atoms with van der Waals surface area (Å²) in [5, 5.41) is 7.79. The molecule has 0 bridgehead atoms. The lowest BCUT2D eigenvalue weighted by Gasteiger charge is -2.07. The standard InChI is InChI=1S/C17H20ClN5O/c1-2-10-23-15(7-9-20-23)17(24)19-8-3-4-16-21-13-6-5-12(18)11-14(13)22-16/h5-7,9,11H,2-4,8,10H2,1H3,(H,19,24)(H,21,22). The van der Waals surface area contributed by atoms with Gasteiger partial charge in [-0.1, -0.05) is 18.5 Å². The van der Waals surface area contributed by atoms with Gasteiger partial charge in [-0.3, -0.25) is 9.48 Å². The molecule has 0 fully saturated rings. The van der Waals surface area contributed by atoms with Crippen LogP contribution in [0.5, 0.6) is 0 Å². The molecule has 24 heavy (non-hydrogen) atoms. The Morgan fingerprint density at radius 1 is 1.38 bits per heavy atom. The maximum absolute atomic E-state index is 12.2. The van der Waals surface area contributed by atoms with Crippen LogP contribution >= 0.6 is 11.6 Å². The fourth-order valence-corrected chi connectivity index (χ4v) is 2.79. The summed E-state index contributed by atoms with van der Waals surface area (Å²) < 4.78 is 1.73. The third-order valence-electron chi connectivity index (χ3n) is 3.75. The van der Waals surface area contributed by atoms with Gasteiger partial charge in [-0.2, -0.15) is 5.10 Å². The van der Waals surface area contributed by atoms with Crippen molar-refractivity contribution >= 4 is 28.5 Å². The smallest absolute Gasteiger partial charge is 0.269 e. The van der Waals surface area contributed by atoms with Crippen LogP contribution in [0.2, 0.25) is 5.02 Å². The number of halogens is 1. The minimum Gasteiger partial charge on any atom is -0.351 e. The van der Waals surface area contributed by atoms with E-state index in [2.05, 4.69) is 27.3 Å². The van der Waals surface area contributed by atoms with Crippen molar-refractivity contribution in [3.05, 3.63) is 47.0 Å². The summed E-state index contributed by atoms with van der Waals surface area (Å²) in [5.74, 6) is 0.815. The molecule has 0 atom stereocenters. The normalized spacial score (nSPS) is 11.1. The molecular weight excluding hydrogens is 326 g/mol. The molecule has 1 aromatic carbocycles. The Morgan fingerprint density at radius 2 is 2.25 bits per heavy atom. The van der Waals surface area contributed by atoms with E-state index in [1.807, 2.05) is 18.2 Å². The highest BCUT2D eigenvalue weighted by molar-refractivity contribution is 6.31. The lowest BCUT2D eigenvalue weighted by molar-refractivity contribution is 0.0942. The molecule has 3 aromatic rings. The minimum absolute atomic E-state index is 0.0858. The van der Waals surface area contributed by atoms with Gasteiger partial charge in [0.2, 0.25) is 0 Å². The summed E-state index contributed by atoms with van der Waals surface area (Å²) in [4.78, 5) is 20.0. The SMILES string of the molecule is CCCn1nccc1C(=O)NCCCc1nc2ccc(Cl)cc2[nH]1. The topological polar surface area (TPSA) is 75.6 Å². The number of fused-ring (bicyclic) bond motifs is 1. The van der Waals surface area contributed by atoms with Crippen molar-refractivity contribution < 1.29 is 4.79 Å². The number of hydrogen-bond acceptors (Lipinski definition) is 3. The number of amides is 1. The number of nitrogens with one attached hydrogen (secondary N) is 2. The fraction of sp³-hybridized carbons (Fsp3) is 0.353. The second kappa shape index (κ2) is 7.49. The van der Waals surface area contributed by atoms with E-state index in [1.54, 1.807) is 16.9 Å². The lowest BCUT2D eigenvalue weighted by atomic mass is 10.3. The van der Waals surface area contributed by atoms with Gasteiger partial charge in [0.1, 0.15) is 11.5 Å². The number of benzene rings is 1. The van der Waals surface area contributed by atoms with Crippen LogP contribution < -0.4 is 5.32 Å². The average Bonchev–Trinajstić information content (AvgIpc) is 3.17. The Kier molecular flexibility index (Phi) is 5.15. The van der Waals surface area contributed by atoms with E-state index < -0.39 is 0 Å². The van der Waals surface area contributed by atoms with Gasteiger partial charge in [0.15, 0.2) is 0 Å². The highest BCUT2D eigenvalue weighted by Gasteiger charge is 2.11.